The third-order valence-electron chi connectivity index (χ3n) is 2.70. The first-order valence-electron chi connectivity index (χ1n) is 6.37. The standard InChI is InChI=1S/C16H16Br2O2/c17-11-13-8-14(12-18)10-16(9-13)20-7-6-19-15-4-2-1-3-5-15/h1-5,8-10H,6-7,11-12H2. The van der Waals surface area contributed by atoms with E-state index < -0.39 is 0 Å². The maximum Gasteiger partial charge on any atom is 0.122 e. The Morgan fingerprint density at radius 1 is 0.700 bits per heavy atom. The van der Waals surface area contributed by atoms with Crippen molar-refractivity contribution >= 4 is 31.9 Å². The molecule has 2 aromatic rings. The molecule has 0 spiro atoms. The molecule has 0 aliphatic heterocycles. The summed E-state index contributed by atoms with van der Waals surface area (Å²) in [6, 6.07) is 16.0. The quantitative estimate of drug-likeness (QED) is 0.485. The summed E-state index contributed by atoms with van der Waals surface area (Å²) in [5, 5.41) is 1.65. The first-order chi connectivity index (χ1) is 9.81. The average Bonchev–Trinajstić information content (AvgIpc) is 2.52. The summed E-state index contributed by atoms with van der Waals surface area (Å²) in [7, 11) is 0. The molecule has 106 valence electrons. The highest BCUT2D eigenvalue weighted by Crippen LogP contribution is 2.21. The molecular weight excluding hydrogens is 384 g/mol. The van der Waals surface area contributed by atoms with Crippen molar-refractivity contribution in [3.05, 3.63) is 59.7 Å². The van der Waals surface area contributed by atoms with Gasteiger partial charge >= 0.3 is 0 Å². The van der Waals surface area contributed by atoms with E-state index >= 15 is 0 Å². The first-order valence-corrected chi connectivity index (χ1v) is 8.61. The maximum atomic E-state index is 5.75. The Morgan fingerprint density at radius 2 is 1.25 bits per heavy atom. The third kappa shape index (κ3) is 4.84. The molecule has 20 heavy (non-hydrogen) atoms. The first kappa shape index (κ1) is 15.4. The molecule has 4 heteroatoms. The van der Waals surface area contributed by atoms with Gasteiger partial charge in [-0.15, -0.1) is 0 Å². The molecule has 0 heterocycles. The number of hydrogen-bond acceptors (Lipinski definition) is 2. The van der Waals surface area contributed by atoms with Crippen LogP contribution in [0.3, 0.4) is 0 Å². The molecule has 0 unspecified atom stereocenters. The van der Waals surface area contributed by atoms with E-state index in [1.54, 1.807) is 0 Å². The maximum absolute atomic E-state index is 5.75. The van der Waals surface area contributed by atoms with Crippen LogP contribution in [-0.4, -0.2) is 13.2 Å². The second-order valence-electron chi connectivity index (χ2n) is 4.26. The van der Waals surface area contributed by atoms with Crippen molar-refractivity contribution in [1.29, 1.82) is 0 Å². The van der Waals surface area contributed by atoms with E-state index in [9.17, 15) is 0 Å². The lowest BCUT2D eigenvalue weighted by Gasteiger charge is -2.10. The molecular formula is C16H16Br2O2. The number of para-hydroxylation sites is 1. The zero-order valence-electron chi connectivity index (χ0n) is 11.0. The van der Waals surface area contributed by atoms with Gasteiger partial charge in [0.2, 0.25) is 0 Å². The molecule has 0 saturated heterocycles. The number of ether oxygens (including phenoxy) is 2. The highest BCUT2D eigenvalue weighted by molar-refractivity contribution is 9.08. The van der Waals surface area contributed by atoms with Gasteiger partial charge in [0.1, 0.15) is 24.7 Å². The Bertz CT molecular complexity index is 507. The average molecular weight is 400 g/mol. The van der Waals surface area contributed by atoms with E-state index in [1.165, 1.54) is 11.1 Å². The minimum atomic E-state index is 0.530. The number of rotatable bonds is 7. The summed E-state index contributed by atoms with van der Waals surface area (Å²) >= 11 is 6.94. The van der Waals surface area contributed by atoms with Crippen LogP contribution >= 0.6 is 31.9 Å². The number of hydrogen-bond donors (Lipinski definition) is 0. The lowest BCUT2D eigenvalue weighted by molar-refractivity contribution is 0.217. The molecule has 0 radical (unpaired) electrons. The summed E-state index contributed by atoms with van der Waals surface area (Å²) in [6.07, 6.45) is 0. The van der Waals surface area contributed by atoms with Gasteiger partial charge in [-0.3, -0.25) is 0 Å². The van der Waals surface area contributed by atoms with Crippen molar-refractivity contribution in [3.63, 3.8) is 0 Å². The Kier molecular flexibility index (Phi) is 6.40. The van der Waals surface area contributed by atoms with Crippen molar-refractivity contribution in [2.45, 2.75) is 10.7 Å². The van der Waals surface area contributed by atoms with Gasteiger partial charge in [-0.2, -0.15) is 0 Å². The van der Waals surface area contributed by atoms with Crippen LogP contribution in [0.1, 0.15) is 11.1 Å². The molecule has 0 aliphatic carbocycles. The monoisotopic (exact) mass is 398 g/mol. The van der Waals surface area contributed by atoms with E-state index in [-0.39, 0.29) is 0 Å². The SMILES string of the molecule is BrCc1cc(CBr)cc(OCCOc2ccccc2)c1. The Morgan fingerprint density at radius 3 is 1.80 bits per heavy atom. The molecule has 0 amide bonds. The van der Waals surface area contributed by atoms with Gasteiger partial charge in [0, 0.05) is 10.7 Å². The van der Waals surface area contributed by atoms with Crippen molar-refractivity contribution < 1.29 is 9.47 Å². The molecule has 2 nitrogen and oxygen atoms in total. The van der Waals surface area contributed by atoms with Gasteiger partial charge in [-0.05, 0) is 35.4 Å². The molecule has 0 atom stereocenters. The summed E-state index contributed by atoms with van der Waals surface area (Å²) in [6.45, 7) is 1.06. The number of benzene rings is 2. The highest BCUT2D eigenvalue weighted by atomic mass is 79.9. The smallest absolute Gasteiger partial charge is 0.122 e. The summed E-state index contributed by atoms with van der Waals surface area (Å²) in [5.41, 5.74) is 2.42. The van der Waals surface area contributed by atoms with E-state index in [4.69, 9.17) is 9.47 Å². The number of alkyl halides is 2. The Hall–Kier alpha value is -1.00. The van der Waals surface area contributed by atoms with Crippen molar-refractivity contribution in [3.8, 4) is 11.5 Å². The van der Waals surface area contributed by atoms with E-state index in [2.05, 4.69) is 37.9 Å². The van der Waals surface area contributed by atoms with Crippen LogP contribution in [0.5, 0.6) is 11.5 Å². The van der Waals surface area contributed by atoms with Gasteiger partial charge in [-0.1, -0.05) is 56.1 Å². The fraction of sp³-hybridized carbons (Fsp3) is 0.250. The molecule has 0 bridgehead atoms. The Labute approximate surface area is 136 Å². The lowest BCUT2D eigenvalue weighted by atomic mass is 10.1. The second kappa shape index (κ2) is 8.32. The minimum Gasteiger partial charge on any atom is -0.490 e. The lowest BCUT2D eigenvalue weighted by Crippen LogP contribution is -2.09. The predicted octanol–water partition coefficient (Wildman–Crippen LogP) is 4.93. The molecule has 2 rings (SSSR count). The fourth-order valence-corrected chi connectivity index (χ4v) is 2.45. The molecule has 0 N–H and O–H groups in total. The molecule has 0 fully saturated rings. The van der Waals surface area contributed by atoms with E-state index in [1.807, 2.05) is 42.5 Å². The highest BCUT2D eigenvalue weighted by Gasteiger charge is 2.01. The van der Waals surface area contributed by atoms with Gasteiger partial charge < -0.3 is 9.47 Å². The van der Waals surface area contributed by atoms with Crippen LogP contribution in [0.25, 0.3) is 0 Å². The van der Waals surface area contributed by atoms with Crippen LogP contribution in [0.2, 0.25) is 0 Å². The third-order valence-corrected chi connectivity index (χ3v) is 3.99. The molecule has 0 aliphatic rings. The van der Waals surface area contributed by atoms with Crippen LogP contribution in [0, 0.1) is 0 Å². The summed E-state index contributed by atoms with van der Waals surface area (Å²) in [5.74, 6) is 1.75. The molecule has 0 aromatic heterocycles. The van der Waals surface area contributed by atoms with Crippen LogP contribution < -0.4 is 9.47 Å². The summed E-state index contributed by atoms with van der Waals surface area (Å²) < 4.78 is 11.3. The Balaban J connectivity index is 1.84. The van der Waals surface area contributed by atoms with Crippen molar-refractivity contribution in [2.24, 2.45) is 0 Å². The van der Waals surface area contributed by atoms with Gasteiger partial charge in [0.25, 0.3) is 0 Å². The second-order valence-corrected chi connectivity index (χ2v) is 5.38. The topological polar surface area (TPSA) is 18.5 Å². The van der Waals surface area contributed by atoms with Crippen molar-refractivity contribution in [2.75, 3.05) is 13.2 Å². The minimum absolute atomic E-state index is 0.530. The molecule has 2 aromatic carbocycles. The fourth-order valence-electron chi connectivity index (χ4n) is 1.80. The van der Waals surface area contributed by atoms with E-state index in [0.29, 0.717) is 13.2 Å². The van der Waals surface area contributed by atoms with Gasteiger partial charge in [0.15, 0.2) is 0 Å². The van der Waals surface area contributed by atoms with E-state index in [0.717, 1.165) is 22.2 Å². The normalized spacial score (nSPS) is 10.3. The zero-order chi connectivity index (χ0) is 14.2. The van der Waals surface area contributed by atoms with Crippen LogP contribution in [0.4, 0.5) is 0 Å². The molecule has 0 saturated carbocycles. The zero-order valence-corrected chi connectivity index (χ0v) is 14.2. The number of halogens is 2. The van der Waals surface area contributed by atoms with Crippen LogP contribution in [-0.2, 0) is 10.7 Å². The van der Waals surface area contributed by atoms with Gasteiger partial charge in [0.05, 0.1) is 0 Å². The van der Waals surface area contributed by atoms with Crippen LogP contribution in [0.15, 0.2) is 48.5 Å². The summed E-state index contributed by atoms with van der Waals surface area (Å²) in [4.78, 5) is 0. The predicted molar refractivity (Wildman–Crippen MR) is 89.1 cm³/mol. The van der Waals surface area contributed by atoms with Gasteiger partial charge in [-0.25, -0.2) is 0 Å². The largest absolute Gasteiger partial charge is 0.490 e. The van der Waals surface area contributed by atoms with Crippen molar-refractivity contribution in [1.82, 2.24) is 0 Å².